The number of benzene rings is 2. The summed E-state index contributed by atoms with van der Waals surface area (Å²) in [5.74, 6) is 0.195. The van der Waals surface area contributed by atoms with E-state index in [0.29, 0.717) is 17.0 Å². The Bertz CT molecular complexity index is 882. The van der Waals surface area contributed by atoms with Crippen LogP contribution in [0.1, 0.15) is 34.7 Å². The van der Waals surface area contributed by atoms with E-state index in [1.165, 1.54) is 31.5 Å². The van der Waals surface area contributed by atoms with E-state index in [9.17, 15) is 4.79 Å². The first-order valence-electron chi connectivity index (χ1n) is 8.42. The molecule has 5 nitrogen and oxygen atoms in total. The smallest absolute Gasteiger partial charge is 0.250 e. The maximum absolute atomic E-state index is 11.6. The fraction of sp³-hybridized carbons (Fsp3) is 0.263. The van der Waals surface area contributed by atoms with Crippen LogP contribution in [0.4, 0.5) is 0 Å². The number of primary amides is 1. The number of carbonyl (C=O) groups excluding carboxylic acids is 1. The lowest BCUT2D eigenvalue weighted by Crippen LogP contribution is -3.00. The second-order valence-electron chi connectivity index (χ2n) is 6.43. The third kappa shape index (κ3) is 3.38. The summed E-state index contributed by atoms with van der Waals surface area (Å²) in [5, 5.41) is 7.87. The molecule has 0 radical (unpaired) electrons. The number of quaternary nitrogens is 1. The monoisotopic (exact) mass is 356 g/mol. The fourth-order valence-electron chi connectivity index (χ4n) is 3.52. The largest absolute Gasteiger partial charge is 1.00 e. The highest BCUT2D eigenvalue weighted by Crippen LogP contribution is 2.24. The van der Waals surface area contributed by atoms with Crippen LogP contribution < -0.4 is 23.5 Å². The highest BCUT2D eigenvalue weighted by Gasteiger charge is 2.18. The van der Waals surface area contributed by atoms with Gasteiger partial charge in [-0.25, -0.2) is 4.68 Å². The Morgan fingerprint density at radius 3 is 2.68 bits per heavy atom. The van der Waals surface area contributed by atoms with E-state index in [4.69, 9.17) is 5.73 Å². The van der Waals surface area contributed by atoms with Crippen LogP contribution in [0.15, 0.2) is 48.7 Å². The topological polar surface area (TPSA) is 77.5 Å². The first-order valence-corrected chi connectivity index (χ1v) is 8.42. The second kappa shape index (κ2) is 7.25. The summed E-state index contributed by atoms with van der Waals surface area (Å²) in [4.78, 5) is 11.6. The Morgan fingerprint density at radius 1 is 1.20 bits per heavy atom. The van der Waals surface area contributed by atoms with Gasteiger partial charge in [0, 0.05) is 17.5 Å². The first kappa shape index (κ1) is 17.5. The SMILES string of the molecule is NC(=O)c1cccc2cn(-c3ccc(C4CCC[NH2+]C4)cc3)nc12.[Cl-]. The number of hydrogen-bond donors (Lipinski definition) is 2. The van der Waals surface area contributed by atoms with Gasteiger partial charge in [0.15, 0.2) is 0 Å². The summed E-state index contributed by atoms with van der Waals surface area (Å²) in [6.45, 7) is 2.42. The van der Waals surface area contributed by atoms with Gasteiger partial charge in [-0.3, -0.25) is 4.79 Å². The number of fused-ring (bicyclic) bond motifs is 1. The molecule has 0 bridgehead atoms. The summed E-state index contributed by atoms with van der Waals surface area (Å²) in [6.07, 6.45) is 4.49. The molecule has 1 unspecified atom stereocenters. The second-order valence-corrected chi connectivity index (χ2v) is 6.43. The molecule has 0 aliphatic carbocycles. The van der Waals surface area contributed by atoms with E-state index in [0.717, 1.165) is 11.1 Å². The van der Waals surface area contributed by atoms with Gasteiger partial charge in [-0.05, 0) is 36.6 Å². The zero-order chi connectivity index (χ0) is 16.5. The minimum atomic E-state index is -0.449. The number of nitrogens with two attached hydrogens (primary N) is 2. The number of piperidine rings is 1. The van der Waals surface area contributed by atoms with E-state index in [1.807, 2.05) is 23.0 Å². The molecule has 3 aromatic rings. The molecule has 4 N–H and O–H groups in total. The van der Waals surface area contributed by atoms with Gasteiger partial charge in [0.1, 0.15) is 5.52 Å². The third-order valence-corrected chi connectivity index (χ3v) is 4.84. The fourth-order valence-corrected chi connectivity index (χ4v) is 3.52. The molecule has 1 aliphatic rings. The number of carbonyl (C=O) groups is 1. The van der Waals surface area contributed by atoms with Crippen molar-refractivity contribution in [3.05, 3.63) is 59.8 Å². The predicted molar refractivity (Wildman–Crippen MR) is 93.2 cm³/mol. The Hall–Kier alpha value is -2.37. The zero-order valence-electron chi connectivity index (χ0n) is 13.9. The molecule has 130 valence electrons. The van der Waals surface area contributed by atoms with Crippen LogP contribution in [-0.2, 0) is 0 Å². The van der Waals surface area contributed by atoms with Gasteiger partial charge >= 0.3 is 0 Å². The van der Waals surface area contributed by atoms with E-state index in [-0.39, 0.29) is 12.4 Å². The van der Waals surface area contributed by atoms with Gasteiger partial charge in [-0.15, -0.1) is 0 Å². The summed E-state index contributed by atoms with van der Waals surface area (Å²) in [7, 11) is 0. The maximum atomic E-state index is 11.6. The molecule has 1 saturated heterocycles. The van der Waals surface area contributed by atoms with Crippen LogP contribution >= 0.6 is 0 Å². The standard InChI is InChI=1S/C19H20N4O.ClH/c20-19(24)17-5-1-3-15-12-23(22-18(15)17)16-8-6-13(7-9-16)14-4-2-10-21-11-14;/h1,3,5-9,12,14,21H,2,4,10-11H2,(H2,20,24);1H. The van der Waals surface area contributed by atoms with Crippen LogP contribution in [0.25, 0.3) is 16.6 Å². The van der Waals surface area contributed by atoms with Crippen LogP contribution in [0.5, 0.6) is 0 Å². The maximum Gasteiger partial charge on any atom is 0.250 e. The van der Waals surface area contributed by atoms with Crippen molar-refractivity contribution < 1.29 is 22.5 Å². The molecule has 1 aliphatic heterocycles. The summed E-state index contributed by atoms with van der Waals surface area (Å²) in [6, 6.07) is 14.1. The number of hydrogen-bond acceptors (Lipinski definition) is 2. The molecule has 1 atom stereocenters. The van der Waals surface area contributed by atoms with E-state index in [1.54, 1.807) is 6.07 Å². The predicted octanol–water partition coefficient (Wildman–Crippen LogP) is -1.43. The van der Waals surface area contributed by atoms with Crippen molar-refractivity contribution >= 4 is 16.8 Å². The lowest BCUT2D eigenvalue weighted by atomic mass is 9.92. The molecule has 1 fully saturated rings. The van der Waals surface area contributed by atoms with Crippen molar-refractivity contribution in [3.8, 4) is 5.69 Å². The van der Waals surface area contributed by atoms with Gasteiger partial charge in [0.2, 0.25) is 0 Å². The van der Waals surface area contributed by atoms with Crippen LogP contribution in [0.3, 0.4) is 0 Å². The van der Waals surface area contributed by atoms with Crippen LogP contribution in [0, 0.1) is 0 Å². The first-order chi connectivity index (χ1) is 11.7. The van der Waals surface area contributed by atoms with Crippen molar-refractivity contribution in [2.45, 2.75) is 18.8 Å². The highest BCUT2D eigenvalue weighted by molar-refractivity contribution is 6.04. The average Bonchev–Trinajstić information content (AvgIpc) is 3.06. The number of amides is 1. The highest BCUT2D eigenvalue weighted by atomic mass is 35.5. The van der Waals surface area contributed by atoms with Gasteiger partial charge in [-0.1, -0.05) is 24.3 Å². The van der Waals surface area contributed by atoms with Crippen LogP contribution in [-0.4, -0.2) is 28.8 Å². The van der Waals surface area contributed by atoms with Gasteiger partial charge in [0.05, 0.1) is 24.3 Å². The third-order valence-electron chi connectivity index (χ3n) is 4.84. The number of nitrogens with zero attached hydrogens (tertiary/aromatic N) is 2. The van der Waals surface area contributed by atoms with E-state index < -0.39 is 5.91 Å². The van der Waals surface area contributed by atoms with Crippen molar-refractivity contribution in [3.63, 3.8) is 0 Å². The Kier molecular flexibility index (Phi) is 5.06. The number of aromatic nitrogens is 2. The molecular formula is C19H21ClN4O. The average molecular weight is 357 g/mol. The summed E-state index contributed by atoms with van der Waals surface area (Å²) in [5.41, 5.74) is 8.93. The molecule has 1 amide bonds. The molecule has 25 heavy (non-hydrogen) atoms. The minimum Gasteiger partial charge on any atom is -1.00 e. The lowest BCUT2D eigenvalue weighted by Gasteiger charge is -2.20. The molecule has 4 rings (SSSR count). The van der Waals surface area contributed by atoms with Gasteiger partial charge in [-0.2, -0.15) is 5.10 Å². The normalized spacial score (nSPS) is 17.2. The summed E-state index contributed by atoms with van der Waals surface area (Å²) < 4.78 is 1.81. The Morgan fingerprint density at radius 2 is 2.00 bits per heavy atom. The minimum absolute atomic E-state index is 0. The van der Waals surface area contributed by atoms with Crippen LogP contribution in [0.2, 0.25) is 0 Å². The zero-order valence-corrected chi connectivity index (χ0v) is 14.6. The quantitative estimate of drug-likeness (QED) is 0.603. The molecule has 2 aromatic carbocycles. The Labute approximate surface area is 152 Å². The van der Waals surface area contributed by atoms with E-state index >= 15 is 0 Å². The molecule has 6 heteroatoms. The van der Waals surface area contributed by atoms with Crippen molar-refractivity contribution in [1.82, 2.24) is 9.78 Å². The molecular weight excluding hydrogens is 336 g/mol. The van der Waals surface area contributed by atoms with Crippen molar-refractivity contribution in [1.29, 1.82) is 0 Å². The van der Waals surface area contributed by atoms with E-state index in [2.05, 4.69) is 34.7 Å². The molecule has 2 heterocycles. The molecule has 0 spiro atoms. The molecule has 0 saturated carbocycles. The number of rotatable bonds is 3. The number of halogens is 1. The van der Waals surface area contributed by atoms with Gasteiger partial charge in [0.25, 0.3) is 5.91 Å². The van der Waals surface area contributed by atoms with Crippen molar-refractivity contribution in [2.24, 2.45) is 5.73 Å². The summed E-state index contributed by atoms with van der Waals surface area (Å²) >= 11 is 0. The Balaban J connectivity index is 0.00000182. The lowest BCUT2D eigenvalue weighted by molar-refractivity contribution is -0.664. The van der Waals surface area contributed by atoms with Gasteiger partial charge < -0.3 is 23.5 Å². The van der Waals surface area contributed by atoms with Crippen molar-refractivity contribution in [2.75, 3.05) is 13.1 Å². The molecule has 1 aromatic heterocycles.